The van der Waals surface area contributed by atoms with Gasteiger partial charge in [-0.2, -0.15) is 0 Å². The Morgan fingerprint density at radius 1 is 1.47 bits per heavy atom. The van der Waals surface area contributed by atoms with Crippen LogP contribution >= 0.6 is 11.8 Å². The van der Waals surface area contributed by atoms with Crippen molar-refractivity contribution in [2.24, 2.45) is 0 Å². The van der Waals surface area contributed by atoms with E-state index in [9.17, 15) is 14.4 Å². The molecule has 1 aliphatic heterocycles. The summed E-state index contributed by atoms with van der Waals surface area (Å²) >= 11 is 0.905. The van der Waals surface area contributed by atoms with Gasteiger partial charge < -0.3 is 11.1 Å². The summed E-state index contributed by atoms with van der Waals surface area (Å²) in [6.45, 7) is 1.57. The minimum absolute atomic E-state index is 0.101. The number of thioether (sulfide) groups is 1. The van der Waals surface area contributed by atoms with E-state index in [1.165, 1.54) is 0 Å². The van der Waals surface area contributed by atoms with Gasteiger partial charge >= 0.3 is 0 Å². The molecule has 1 fully saturated rings. The van der Waals surface area contributed by atoms with Crippen LogP contribution < -0.4 is 11.1 Å². The lowest BCUT2D eigenvalue weighted by Gasteiger charge is -2.14. The number of nitrogens with zero attached hydrogens (tertiary/aromatic N) is 1. The molecule has 1 aliphatic rings. The van der Waals surface area contributed by atoms with E-state index in [-0.39, 0.29) is 23.4 Å². The van der Waals surface area contributed by atoms with E-state index >= 15 is 0 Å². The fraction of sp³-hybridized carbons (Fsp3) is 0.250. The van der Waals surface area contributed by atoms with Crippen LogP contribution in [-0.4, -0.2) is 34.3 Å². The Kier molecular flexibility index (Phi) is 3.75. The number of anilines is 2. The number of hydrogen-bond donors (Lipinski definition) is 2. The molecule has 19 heavy (non-hydrogen) atoms. The number of amides is 3. The van der Waals surface area contributed by atoms with Gasteiger partial charge in [-0.3, -0.25) is 19.3 Å². The van der Waals surface area contributed by atoms with Crippen LogP contribution in [0.1, 0.15) is 5.56 Å². The maximum atomic E-state index is 11.8. The summed E-state index contributed by atoms with van der Waals surface area (Å²) in [6.07, 6.45) is 0. The highest BCUT2D eigenvalue weighted by Crippen LogP contribution is 2.20. The number of nitrogens with one attached hydrogen (secondary N) is 1. The summed E-state index contributed by atoms with van der Waals surface area (Å²) in [5, 5.41) is 2.26. The highest BCUT2D eigenvalue weighted by atomic mass is 32.2. The number of carbonyl (C=O) groups is 3. The number of benzene rings is 1. The quantitative estimate of drug-likeness (QED) is 0.811. The van der Waals surface area contributed by atoms with Gasteiger partial charge in [-0.05, 0) is 24.6 Å². The molecule has 0 saturated carbocycles. The lowest BCUT2D eigenvalue weighted by atomic mass is 10.2. The third-order valence-electron chi connectivity index (χ3n) is 2.68. The van der Waals surface area contributed by atoms with Crippen LogP contribution in [0, 0.1) is 6.92 Å². The van der Waals surface area contributed by atoms with Gasteiger partial charge in [0.05, 0.1) is 5.75 Å². The lowest BCUT2D eigenvalue weighted by molar-refractivity contribution is -0.128. The SMILES string of the molecule is Cc1ccc(N)cc1NC(=O)CN1C(=O)CSC1=O. The first kappa shape index (κ1) is 13.4. The van der Waals surface area contributed by atoms with Gasteiger partial charge in [0.25, 0.3) is 5.24 Å². The molecule has 0 aromatic heterocycles. The minimum atomic E-state index is -0.419. The largest absolute Gasteiger partial charge is 0.399 e. The van der Waals surface area contributed by atoms with Crippen molar-refractivity contribution < 1.29 is 14.4 Å². The monoisotopic (exact) mass is 279 g/mol. The first-order valence-corrected chi connectivity index (χ1v) is 6.59. The van der Waals surface area contributed by atoms with Gasteiger partial charge in [0.1, 0.15) is 6.54 Å². The molecule has 0 spiro atoms. The number of imide groups is 1. The average molecular weight is 279 g/mol. The Bertz CT molecular complexity index is 543. The van der Waals surface area contributed by atoms with E-state index in [1.54, 1.807) is 18.2 Å². The molecule has 3 N–H and O–H groups in total. The van der Waals surface area contributed by atoms with Crippen LogP contribution in [0.15, 0.2) is 18.2 Å². The topological polar surface area (TPSA) is 92.5 Å². The first-order chi connectivity index (χ1) is 8.97. The highest BCUT2D eigenvalue weighted by molar-refractivity contribution is 8.14. The molecule has 0 bridgehead atoms. The van der Waals surface area contributed by atoms with Gasteiger partial charge in [-0.15, -0.1) is 0 Å². The fourth-order valence-corrected chi connectivity index (χ4v) is 2.37. The van der Waals surface area contributed by atoms with Crippen LogP contribution in [0.5, 0.6) is 0 Å². The average Bonchev–Trinajstić information content (AvgIpc) is 2.65. The van der Waals surface area contributed by atoms with Crippen LogP contribution in [0.2, 0.25) is 0 Å². The van der Waals surface area contributed by atoms with E-state index in [1.807, 2.05) is 6.92 Å². The zero-order chi connectivity index (χ0) is 14.0. The van der Waals surface area contributed by atoms with E-state index in [2.05, 4.69) is 5.32 Å². The summed E-state index contributed by atoms with van der Waals surface area (Å²) < 4.78 is 0. The molecule has 7 heteroatoms. The van der Waals surface area contributed by atoms with Gasteiger partial charge in [0, 0.05) is 11.4 Å². The first-order valence-electron chi connectivity index (χ1n) is 5.60. The second-order valence-corrected chi connectivity index (χ2v) is 5.08. The van der Waals surface area contributed by atoms with Crippen LogP contribution in [0.3, 0.4) is 0 Å². The Morgan fingerprint density at radius 3 is 2.84 bits per heavy atom. The molecule has 100 valence electrons. The van der Waals surface area contributed by atoms with E-state index in [0.29, 0.717) is 11.4 Å². The van der Waals surface area contributed by atoms with Gasteiger partial charge in [-0.1, -0.05) is 17.8 Å². The normalized spacial score (nSPS) is 14.9. The minimum Gasteiger partial charge on any atom is -0.399 e. The molecule has 0 aliphatic carbocycles. The van der Waals surface area contributed by atoms with Crippen molar-refractivity contribution in [1.29, 1.82) is 0 Å². The fourth-order valence-electron chi connectivity index (χ4n) is 1.64. The predicted molar refractivity (Wildman–Crippen MR) is 73.8 cm³/mol. The summed E-state index contributed by atoms with van der Waals surface area (Å²) in [5.74, 6) is -0.656. The van der Waals surface area contributed by atoms with E-state index < -0.39 is 5.91 Å². The van der Waals surface area contributed by atoms with Crippen molar-refractivity contribution >= 4 is 40.2 Å². The van der Waals surface area contributed by atoms with Crippen molar-refractivity contribution in [1.82, 2.24) is 4.90 Å². The number of rotatable bonds is 3. The number of carbonyl (C=O) groups excluding carboxylic acids is 3. The molecular formula is C12H13N3O3S. The number of nitrogen functional groups attached to an aromatic ring is 1. The Labute approximate surface area is 114 Å². The summed E-state index contributed by atoms with van der Waals surface area (Å²) in [7, 11) is 0. The second kappa shape index (κ2) is 5.31. The van der Waals surface area contributed by atoms with Crippen molar-refractivity contribution in [2.75, 3.05) is 23.3 Å². The molecule has 0 atom stereocenters. The molecule has 6 nitrogen and oxygen atoms in total. The van der Waals surface area contributed by atoms with Crippen molar-refractivity contribution in [3.63, 3.8) is 0 Å². The van der Waals surface area contributed by atoms with Crippen LogP contribution in [0.25, 0.3) is 0 Å². The second-order valence-electron chi connectivity index (χ2n) is 4.16. The molecule has 1 saturated heterocycles. The Hall–Kier alpha value is -2.02. The molecule has 1 heterocycles. The van der Waals surface area contributed by atoms with E-state index in [0.717, 1.165) is 22.2 Å². The molecule has 2 rings (SSSR count). The summed E-state index contributed by atoms with van der Waals surface area (Å²) in [4.78, 5) is 35.5. The summed E-state index contributed by atoms with van der Waals surface area (Å²) in [6, 6.07) is 5.15. The van der Waals surface area contributed by atoms with Gasteiger partial charge in [0.2, 0.25) is 11.8 Å². The number of hydrogen-bond acceptors (Lipinski definition) is 5. The standard InChI is InChI=1S/C12H13N3O3S/c1-7-2-3-8(13)4-9(7)14-10(16)5-15-11(17)6-19-12(15)18/h2-4H,5-6,13H2,1H3,(H,14,16). The third-order valence-corrected chi connectivity index (χ3v) is 3.54. The molecule has 0 radical (unpaired) electrons. The number of aryl methyl sites for hydroxylation is 1. The predicted octanol–water partition coefficient (Wildman–Crippen LogP) is 1.21. The zero-order valence-electron chi connectivity index (χ0n) is 10.3. The molecule has 0 unspecified atom stereocenters. The summed E-state index contributed by atoms with van der Waals surface area (Å²) in [5.41, 5.74) is 7.61. The van der Waals surface area contributed by atoms with E-state index in [4.69, 9.17) is 5.73 Å². The third kappa shape index (κ3) is 3.05. The van der Waals surface area contributed by atoms with Crippen molar-refractivity contribution in [3.05, 3.63) is 23.8 Å². The smallest absolute Gasteiger partial charge is 0.289 e. The Balaban J connectivity index is 2.03. The van der Waals surface area contributed by atoms with Gasteiger partial charge in [-0.25, -0.2) is 0 Å². The maximum Gasteiger partial charge on any atom is 0.289 e. The highest BCUT2D eigenvalue weighted by Gasteiger charge is 2.31. The van der Waals surface area contributed by atoms with Gasteiger partial charge in [0.15, 0.2) is 0 Å². The molecule has 3 amide bonds. The molecular weight excluding hydrogens is 266 g/mol. The van der Waals surface area contributed by atoms with Crippen LogP contribution in [0.4, 0.5) is 16.2 Å². The molecule has 1 aromatic carbocycles. The lowest BCUT2D eigenvalue weighted by Crippen LogP contribution is -2.36. The maximum absolute atomic E-state index is 11.8. The number of nitrogens with two attached hydrogens (primary N) is 1. The zero-order valence-corrected chi connectivity index (χ0v) is 11.1. The van der Waals surface area contributed by atoms with Crippen molar-refractivity contribution in [2.45, 2.75) is 6.92 Å². The van der Waals surface area contributed by atoms with Crippen molar-refractivity contribution in [3.8, 4) is 0 Å². The molecule has 1 aromatic rings. The van der Waals surface area contributed by atoms with Crippen LogP contribution in [-0.2, 0) is 9.59 Å². The Morgan fingerprint density at radius 2 is 2.21 bits per heavy atom.